The van der Waals surface area contributed by atoms with Gasteiger partial charge in [-0.15, -0.1) is 0 Å². The zero-order valence-corrected chi connectivity index (χ0v) is 22.1. The molecular formula is C27H29N3O4S2. The van der Waals surface area contributed by atoms with E-state index in [1.165, 1.54) is 6.21 Å². The van der Waals surface area contributed by atoms with Gasteiger partial charge in [-0.05, 0) is 74.4 Å². The Balaban J connectivity index is 1.48. The molecule has 1 aliphatic rings. The lowest BCUT2D eigenvalue weighted by Gasteiger charge is -2.25. The molecule has 0 aliphatic carbocycles. The van der Waals surface area contributed by atoms with Crippen molar-refractivity contribution in [3.8, 4) is 5.75 Å². The van der Waals surface area contributed by atoms with E-state index in [2.05, 4.69) is 10.5 Å². The van der Waals surface area contributed by atoms with Crippen LogP contribution in [0.25, 0.3) is 0 Å². The average molecular weight is 524 g/mol. The summed E-state index contributed by atoms with van der Waals surface area (Å²) in [5.41, 5.74) is 6.38. The molecule has 0 saturated carbocycles. The van der Waals surface area contributed by atoms with Crippen LogP contribution in [0.1, 0.15) is 22.3 Å². The van der Waals surface area contributed by atoms with Gasteiger partial charge >= 0.3 is 0 Å². The van der Waals surface area contributed by atoms with E-state index in [1.54, 1.807) is 30.3 Å². The van der Waals surface area contributed by atoms with Gasteiger partial charge in [-0.2, -0.15) is 16.9 Å². The lowest BCUT2D eigenvalue weighted by molar-refractivity contribution is -0.119. The summed E-state index contributed by atoms with van der Waals surface area (Å²) in [5, 5.41) is 4.02. The summed E-state index contributed by atoms with van der Waals surface area (Å²) < 4.78 is 34.0. The Morgan fingerprint density at radius 3 is 2.31 bits per heavy atom. The van der Waals surface area contributed by atoms with Crippen LogP contribution in [0.4, 0.5) is 5.69 Å². The minimum Gasteiger partial charge on any atom is -0.489 e. The van der Waals surface area contributed by atoms with Crippen LogP contribution in [0.2, 0.25) is 0 Å². The minimum absolute atomic E-state index is 0.118. The molecule has 1 heterocycles. The fourth-order valence-corrected chi connectivity index (χ4v) is 5.72. The van der Waals surface area contributed by atoms with Gasteiger partial charge in [0.25, 0.3) is 15.9 Å². The molecule has 0 radical (unpaired) electrons. The van der Waals surface area contributed by atoms with E-state index in [9.17, 15) is 13.2 Å². The molecule has 0 spiro atoms. The first-order valence-corrected chi connectivity index (χ1v) is 14.1. The van der Waals surface area contributed by atoms with Gasteiger partial charge in [-0.25, -0.2) is 13.8 Å². The van der Waals surface area contributed by atoms with Crippen molar-refractivity contribution in [1.29, 1.82) is 0 Å². The monoisotopic (exact) mass is 523 g/mol. The molecule has 1 aliphatic heterocycles. The number of ether oxygens (including phenoxy) is 1. The van der Waals surface area contributed by atoms with Crippen molar-refractivity contribution < 1.29 is 17.9 Å². The summed E-state index contributed by atoms with van der Waals surface area (Å²) in [7, 11) is -3.99. The molecule has 1 saturated heterocycles. The number of carbonyl (C=O) groups excluding carboxylic acids is 1. The van der Waals surface area contributed by atoms with E-state index in [4.69, 9.17) is 4.74 Å². The van der Waals surface area contributed by atoms with E-state index in [1.807, 2.05) is 68.9 Å². The summed E-state index contributed by atoms with van der Waals surface area (Å²) in [6, 6.07) is 19.4. The first kappa shape index (κ1) is 25.8. The fourth-order valence-electron chi connectivity index (χ4n) is 3.67. The van der Waals surface area contributed by atoms with Gasteiger partial charge in [0.1, 0.15) is 18.4 Å². The largest absolute Gasteiger partial charge is 0.489 e. The molecule has 1 N–H and O–H groups in total. The van der Waals surface area contributed by atoms with Crippen LogP contribution in [-0.4, -0.2) is 44.7 Å². The number of thioether (sulfide) groups is 1. The molecular weight excluding hydrogens is 494 g/mol. The number of nitrogens with one attached hydrogen (secondary N) is 1. The van der Waals surface area contributed by atoms with Gasteiger partial charge < -0.3 is 4.74 Å². The predicted molar refractivity (Wildman–Crippen MR) is 146 cm³/mol. The topological polar surface area (TPSA) is 88.1 Å². The van der Waals surface area contributed by atoms with E-state index < -0.39 is 22.5 Å². The van der Waals surface area contributed by atoms with Crippen LogP contribution in [0.5, 0.6) is 5.75 Å². The number of amides is 1. The number of carbonyl (C=O) groups is 1. The van der Waals surface area contributed by atoms with Gasteiger partial charge in [0, 0.05) is 11.5 Å². The van der Waals surface area contributed by atoms with Crippen molar-refractivity contribution in [1.82, 2.24) is 5.43 Å². The molecule has 0 bridgehead atoms. The highest BCUT2D eigenvalue weighted by Crippen LogP contribution is 2.28. The highest BCUT2D eigenvalue weighted by molar-refractivity contribution is 8.00. The number of aryl methyl sites for hydroxylation is 3. The second-order valence-electron chi connectivity index (χ2n) is 8.75. The second kappa shape index (κ2) is 11.2. The number of hydrogen-bond acceptors (Lipinski definition) is 6. The van der Waals surface area contributed by atoms with E-state index in [0.29, 0.717) is 5.69 Å². The predicted octanol–water partition coefficient (Wildman–Crippen LogP) is 4.45. The Hall–Kier alpha value is -3.30. The third-order valence-corrected chi connectivity index (χ3v) is 8.70. The smallest absolute Gasteiger partial charge is 0.264 e. The standard InChI is InChI=1S/C27H29N3O4S2/c1-19-4-11-25(12-5-19)36(32,33)30(26-13-6-20(2)14-21(26)3)16-27(31)29-28-15-22-7-9-23(10-8-22)34-24-17-35-18-24/h4-15,24H,16-18H2,1-3H3,(H,29,31)/b28-15-. The molecule has 0 unspecified atom stereocenters. The van der Waals surface area contributed by atoms with Gasteiger partial charge in [0.15, 0.2) is 0 Å². The van der Waals surface area contributed by atoms with Gasteiger partial charge in [-0.3, -0.25) is 9.10 Å². The van der Waals surface area contributed by atoms with Crippen LogP contribution >= 0.6 is 11.8 Å². The van der Waals surface area contributed by atoms with E-state index in [0.717, 1.165) is 43.8 Å². The third-order valence-electron chi connectivity index (χ3n) is 5.71. The molecule has 1 fully saturated rings. The Kier molecular flexibility index (Phi) is 8.01. The molecule has 3 aromatic carbocycles. The Labute approximate surface area is 216 Å². The molecule has 0 atom stereocenters. The van der Waals surface area contributed by atoms with Crippen LogP contribution < -0.4 is 14.5 Å². The summed E-state index contributed by atoms with van der Waals surface area (Å²) >= 11 is 1.86. The Morgan fingerprint density at radius 2 is 1.69 bits per heavy atom. The lowest BCUT2D eigenvalue weighted by atomic mass is 10.1. The SMILES string of the molecule is Cc1ccc(S(=O)(=O)N(CC(=O)N/N=C\c2ccc(OC3CSC3)cc2)c2ccc(C)cc2C)cc1. The number of nitrogens with zero attached hydrogens (tertiary/aromatic N) is 2. The molecule has 36 heavy (non-hydrogen) atoms. The first-order chi connectivity index (χ1) is 17.2. The number of benzene rings is 3. The summed E-state index contributed by atoms with van der Waals surface area (Å²) in [6.45, 7) is 5.23. The summed E-state index contributed by atoms with van der Waals surface area (Å²) in [5.74, 6) is 2.26. The summed E-state index contributed by atoms with van der Waals surface area (Å²) in [4.78, 5) is 12.9. The van der Waals surface area contributed by atoms with Crippen molar-refractivity contribution in [2.75, 3.05) is 22.4 Å². The maximum atomic E-state index is 13.5. The van der Waals surface area contributed by atoms with Gasteiger partial charge in [0.2, 0.25) is 0 Å². The van der Waals surface area contributed by atoms with Crippen LogP contribution in [-0.2, 0) is 14.8 Å². The number of hydrogen-bond donors (Lipinski definition) is 1. The van der Waals surface area contributed by atoms with Crippen LogP contribution in [0.15, 0.2) is 76.7 Å². The number of hydrazone groups is 1. The zero-order chi connectivity index (χ0) is 25.7. The van der Waals surface area contributed by atoms with Gasteiger partial charge in [-0.1, -0.05) is 35.4 Å². The first-order valence-electron chi connectivity index (χ1n) is 11.6. The number of anilines is 1. The van der Waals surface area contributed by atoms with Gasteiger partial charge in [0.05, 0.1) is 16.8 Å². The molecule has 188 valence electrons. The maximum absolute atomic E-state index is 13.5. The molecule has 3 aromatic rings. The zero-order valence-electron chi connectivity index (χ0n) is 20.5. The van der Waals surface area contributed by atoms with Crippen LogP contribution in [0.3, 0.4) is 0 Å². The quantitative estimate of drug-likeness (QED) is 0.331. The molecule has 9 heteroatoms. The highest BCUT2D eigenvalue weighted by Gasteiger charge is 2.28. The van der Waals surface area contributed by atoms with Crippen molar-refractivity contribution in [3.63, 3.8) is 0 Å². The van der Waals surface area contributed by atoms with Crippen molar-refractivity contribution in [3.05, 3.63) is 89.0 Å². The van der Waals surface area contributed by atoms with E-state index in [-0.39, 0.29) is 11.0 Å². The fraction of sp³-hybridized carbons (Fsp3) is 0.259. The Bertz CT molecular complexity index is 1350. The van der Waals surface area contributed by atoms with Crippen LogP contribution in [0, 0.1) is 20.8 Å². The van der Waals surface area contributed by atoms with Crippen molar-refractivity contribution in [2.45, 2.75) is 31.8 Å². The summed E-state index contributed by atoms with van der Waals surface area (Å²) in [6.07, 6.45) is 1.78. The Morgan fingerprint density at radius 1 is 1.03 bits per heavy atom. The normalized spacial score (nSPS) is 13.9. The molecule has 7 nitrogen and oxygen atoms in total. The molecule has 0 aromatic heterocycles. The van der Waals surface area contributed by atoms with E-state index >= 15 is 0 Å². The third kappa shape index (κ3) is 6.27. The lowest BCUT2D eigenvalue weighted by Crippen LogP contribution is -2.40. The number of sulfonamides is 1. The highest BCUT2D eigenvalue weighted by atomic mass is 32.2. The maximum Gasteiger partial charge on any atom is 0.264 e. The van der Waals surface area contributed by atoms with Crippen molar-refractivity contribution >= 4 is 39.6 Å². The minimum atomic E-state index is -3.99. The average Bonchev–Trinajstić information content (AvgIpc) is 2.81. The second-order valence-corrected chi connectivity index (χ2v) is 11.7. The molecule has 1 amide bonds. The molecule has 4 rings (SSSR count). The number of rotatable bonds is 9. The van der Waals surface area contributed by atoms with Crippen molar-refractivity contribution in [2.24, 2.45) is 5.10 Å².